The maximum atomic E-state index is 11.0. The first-order valence-electron chi connectivity index (χ1n) is 5.35. The summed E-state index contributed by atoms with van der Waals surface area (Å²) >= 11 is 0. The SMILES string of the molecule is CCOC(=O)CCNC1CCC[N]C1. The zero-order chi connectivity index (χ0) is 10.2. The van der Waals surface area contributed by atoms with Crippen LogP contribution in [0.1, 0.15) is 26.2 Å². The zero-order valence-corrected chi connectivity index (χ0v) is 8.79. The fourth-order valence-corrected chi connectivity index (χ4v) is 1.57. The topological polar surface area (TPSA) is 52.4 Å². The van der Waals surface area contributed by atoms with E-state index in [0.29, 0.717) is 25.6 Å². The van der Waals surface area contributed by atoms with Gasteiger partial charge in [0, 0.05) is 25.7 Å². The molecule has 1 radical (unpaired) electrons. The molecule has 1 rings (SSSR count). The molecule has 0 bridgehead atoms. The molecule has 0 aliphatic carbocycles. The second-order valence-electron chi connectivity index (χ2n) is 3.48. The number of esters is 1. The van der Waals surface area contributed by atoms with E-state index in [0.717, 1.165) is 19.5 Å². The number of ether oxygens (including phenoxy) is 1. The lowest BCUT2D eigenvalue weighted by Gasteiger charge is -2.22. The number of carbonyl (C=O) groups excluding carboxylic acids is 1. The predicted molar refractivity (Wildman–Crippen MR) is 54.1 cm³/mol. The first kappa shape index (κ1) is 11.5. The first-order valence-corrected chi connectivity index (χ1v) is 5.35. The molecule has 1 fully saturated rings. The van der Waals surface area contributed by atoms with Crippen LogP contribution in [0, 0.1) is 0 Å². The maximum absolute atomic E-state index is 11.0. The highest BCUT2D eigenvalue weighted by Gasteiger charge is 2.13. The van der Waals surface area contributed by atoms with Crippen molar-refractivity contribution < 1.29 is 9.53 Å². The van der Waals surface area contributed by atoms with E-state index in [1.165, 1.54) is 6.42 Å². The van der Waals surface area contributed by atoms with Crippen molar-refractivity contribution >= 4 is 5.97 Å². The van der Waals surface area contributed by atoms with Crippen molar-refractivity contribution in [1.82, 2.24) is 10.6 Å². The minimum absolute atomic E-state index is 0.118. The quantitative estimate of drug-likeness (QED) is 0.648. The summed E-state index contributed by atoms with van der Waals surface area (Å²) in [6, 6.07) is 0.471. The number of piperidine rings is 1. The summed E-state index contributed by atoms with van der Waals surface area (Å²) in [5.74, 6) is -0.118. The van der Waals surface area contributed by atoms with Crippen LogP contribution in [0.3, 0.4) is 0 Å². The van der Waals surface area contributed by atoms with Crippen molar-refractivity contribution in [2.24, 2.45) is 0 Å². The largest absolute Gasteiger partial charge is 0.466 e. The number of nitrogens with zero attached hydrogens (tertiary/aromatic N) is 1. The van der Waals surface area contributed by atoms with Gasteiger partial charge in [-0.15, -0.1) is 0 Å². The van der Waals surface area contributed by atoms with Crippen LogP contribution in [0.2, 0.25) is 0 Å². The molecule has 0 aromatic heterocycles. The summed E-state index contributed by atoms with van der Waals surface area (Å²) in [5, 5.41) is 7.63. The van der Waals surface area contributed by atoms with Gasteiger partial charge in [0.15, 0.2) is 0 Å². The van der Waals surface area contributed by atoms with Gasteiger partial charge in [0.1, 0.15) is 0 Å². The standard InChI is InChI=1S/C10H19N2O2/c1-2-14-10(13)5-7-12-9-4-3-6-11-8-9/h9,12H,2-8H2,1H3. The van der Waals surface area contributed by atoms with Crippen LogP contribution in [0.4, 0.5) is 0 Å². The molecule has 1 aliphatic heterocycles. The van der Waals surface area contributed by atoms with E-state index in [1.807, 2.05) is 6.92 Å². The van der Waals surface area contributed by atoms with E-state index in [1.54, 1.807) is 0 Å². The summed E-state index contributed by atoms with van der Waals surface area (Å²) in [4.78, 5) is 11.0. The van der Waals surface area contributed by atoms with Gasteiger partial charge in [-0.3, -0.25) is 4.79 Å². The van der Waals surface area contributed by atoms with Crippen molar-refractivity contribution in [3.05, 3.63) is 0 Å². The van der Waals surface area contributed by atoms with E-state index in [9.17, 15) is 4.79 Å². The molecule has 4 nitrogen and oxygen atoms in total. The number of rotatable bonds is 5. The molecule has 1 heterocycles. The summed E-state index contributed by atoms with van der Waals surface area (Å²) < 4.78 is 4.83. The lowest BCUT2D eigenvalue weighted by Crippen LogP contribution is -2.41. The Balaban J connectivity index is 1.99. The van der Waals surface area contributed by atoms with E-state index >= 15 is 0 Å². The molecular formula is C10H19N2O2. The van der Waals surface area contributed by atoms with Gasteiger partial charge in [-0.2, -0.15) is 0 Å². The van der Waals surface area contributed by atoms with Gasteiger partial charge in [-0.05, 0) is 19.8 Å². The van der Waals surface area contributed by atoms with E-state index in [4.69, 9.17) is 4.74 Å². The molecule has 4 heteroatoms. The Kier molecular flexibility index (Phi) is 5.56. The first-order chi connectivity index (χ1) is 6.83. The number of hydrogen-bond acceptors (Lipinski definition) is 3. The molecule has 1 N–H and O–H groups in total. The molecule has 1 saturated heterocycles. The lowest BCUT2D eigenvalue weighted by atomic mass is 10.1. The predicted octanol–water partition coefficient (Wildman–Crippen LogP) is 0.296. The normalized spacial score (nSPS) is 21.9. The summed E-state index contributed by atoms with van der Waals surface area (Å²) in [5.41, 5.74) is 0. The molecule has 0 aromatic carbocycles. The Hall–Kier alpha value is -0.610. The highest BCUT2D eigenvalue weighted by atomic mass is 16.5. The molecule has 1 atom stereocenters. The van der Waals surface area contributed by atoms with Crippen molar-refractivity contribution in [3.63, 3.8) is 0 Å². The number of hydrogen-bond donors (Lipinski definition) is 1. The van der Waals surface area contributed by atoms with Crippen LogP contribution >= 0.6 is 0 Å². The van der Waals surface area contributed by atoms with Crippen molar-refractivity contribution in [1.29, 1.82) is 0 Å². The summed E-state index contributed by atoms with van der Waals surface area (Å²) in [7, 11) is 0. The van der Waals surface area contributed by atoms with Crippen molar-refractivity contribution in [3.8, 4) is 0 Å². The number of carbonyl (C=O) groups is 1. The minimum Gasteiger partial charge on any atom is -0.466 e. The zero-order valence-electron chi connectivity index (χ0n) is 8.79. The Labute approximate surface area is 85.4 Å². The maximum Gasteiger partial charge on any atom is 0.307 e. The van der Waals surface area contributed by atoms with Gasteiger partial charge < -0.3 is 10.1 Å². The second-order valence-corrected chi connectivity index (χ2v) is 3.48. The van der Waals surface area contributed by atoms with Gasteiger partial charge in [0.2, 0.25) is 0 Å². The Morgan fingerprint density at radius 1 is 1.64 bits per heavy atom. The molecule has 14 heavy (non-hydrogen) atoms. The summed E-state index contributed by atoms with van der Waals surface area (Å²) in [6.07, 6.45) is 2.80. The van der Waals surface area contributed by atoms with Crippen molar-refractivity contribution in [2.75, 3.05) is 26.2 Å². The monoisotopic (exact) mass is 199 g/mol. The smallest absolute Gasteiger partial charge is 0.307 e. The molecule has 0 aromatic rings. The molecule has 1 aliphatic rings. The van der Waals surface area contributed by atoms with Gasteiger partial charge in [0.25, 0.3) is 0 Å². The van der Waals surface area contributed by atoms with E-state index < -0.39 is 0 Å². The van der Waals surface area contributed by atoms with Crippen LogP contribution in [0.15, 0.2) is 0 Å². The van der Waals surface area contributed by atoms with Gasteiger partial charge in [-0.25, -0.2) is 5.32 Å². The fraction of sp³-hybridized carbons (Fsp3) is 0.900. The molecule has 81 valence electrons. The molecular weight excluding hydrogens is 180 g/mol. The van der Waals surface area contributed by atoms with Gasteiger partial charge in [0.05, 0.1) is 13.0 Å². The third-order valence-corrected chi connectivity index (χ3v) is 2.29. The molecule has 0 spiro atoms. The third-order valence-electron chi connectivity index (χ3n) is 2.29. The minimum atomic E-state index is -0.118. The average molecular weight is 199 g/mol. The van der Waals surface area contributed by atoms with Crippen LogP contribution in [-0.2, 0) is 9.53 Å². The van der Waals surface area contributed by atoms with Crippen LogP contribution in [-0.4, -0.2) is 38.3 Å². The van der Waals surface area contributed by atoms with Crippen LogP contribution < -0.4 is 10.6 Å². The number of nitrogens with one attached hydrogen (secondary N) is 1. The van der Waals surface area contributed by atoms with Crippen molar-refractivity contribution in [2.45, 2.75) is 32.2 Å². The summed E-state index contributed by atoms with van der Waals surface area (Å²) in [6.45, 7) is 4.89. The van der Waals surface area contributed by atoms with E-state index in [-0.39, 0.29) is 5.97 Å². The third kappa shape index (κ3) is 4.58. The Morgan fingerprint density at radius 3 is 3.14 bits per heavy atom. The molecule has 0 amide bonds. The Bertz CT molecular complexity index is 168. The molecule has 0 saturated carbocycles. The average Bonchev–Trinajstić information content (AvgIpc) is 2.20. The fourth-order valence-electron chi connectivity index (χ4n) is 1.57. The lowest BCUT2D eigenvalue weighted by molar-refractivity contribution is -0.143. The Morgan fingerprint density at radius 2 is 2.50 bits per heavy atom. The highest BCUT2D eigenvalue weighted by molar-refractivity contribution is 5.69. The van der Waals surface area contributed by atoms with Gasteiger partial charge >= 0.3 is 5.97 Å². The van der Waals surface area contributed by atoms with E-state index in [2.05, 4.69) is 10.6 Å². The molecule has 1 unspecified atom stereocenters. The van der Waals surface area contributed by atoms with Crippen LogP contribution in [0.5, 0.6) is 0 Å². The van der Waals surface area contributed by atoms with Crippen LogP contribution in [0.25, 0.3) is 0 Å². The van der Waals surface area contributed by atoms with Gasteiger partial charge in [-0.1, -0.05) is 0 Å². The second kappa shape index (κ2) is 6.79. The highest BCUT2D eigenvalue weighted by Crippen LogP contribution is 2.02.